The first kappa shape index (κ1) is 17.7. The molecular formula is C19H26O4. The molecule has 4 heteroatoms. The molecule has 0 N–H and O–H groups in total. The summed E-state index contributed by atoms with van der Waals surface area (Å²) in [6.07, 6.45) is 6.00. The van der Waals surface area contributed by atoms with Crippen molar-refractivity contribution >= 4 is 12.0 Å². The van der Waals surface area contributed by atoms with Crippen LogP contribution in [0.4, 0.5) is 0 Å². The van der Waals surface area contributed by atoms with Crippen molar-refractivity contribution in [1.29, 1.82) is 0 Å². The van der Waals surface area contributed by atoms with Crippen LogP contribution < -0.4 is 0 Å². The topological polar surface area (TPSA) is 44.8 Å². The predicted octanol–water partition coefficient (Wildman–Crippen LogP) is 4.18. The van der Waals surface area contributed by atoms with Gasteiger partial charge in [-0.3, -0.25) is 4.79 Å². The first-order valence-corrected chi connectivity index (χ1v) is 8.30. The molecule has 0 radical (unpaired) electrons. The van der Waals surface area contributed by atoms with Crippen LogP contribution in [0.5, 0.6) is 0 Å². The lowest BCUT2D eigenvalue weighted by Crippen LogP contribution is -2.30. The Balaban J connectivity index is 1.98. The second-order valence-electron chi connectivity index (χ2n) is 5.75. The normalized spacial score (nSPS) is 18.7. The Morgan fingerprint density at radius 3 is 2.91 bits per heavy atom. The first-order valence-electron chi connectivity index (χ1n) is 8.30. The van der Waals surface area contributed by atoms with Gasteiger partial charge in [-0.15, -0.1) is 0 Å². The van der Waals surface area contributed by atoms with Gasteiger partial charge in [-0.25, -0.2) is 0 Å². The summed E-state index contributed by atoms with van der Waals surface area (Å²) in [5.74, 6) is -0.153. The Hall–Kier alpha value is -1.65. The van der Waals surface area contributed by atoms with Gasteiger partial charge in [0.1, 0.15) is 0 Å². The van der Waals surface area contributed by atoms with Crippen molar-refractivity contribution in [3.63, 3.8) is 0 Å². The number of esters is 1. The van der Waals surface area contributed by atoms with E-state index >= 15 is 0 Å². The average Bonchev–Trinajstić information content (AvgIpc) is 2.48. The van der Waals surface area contributed by atoms with Crippen LogP contribution in [0, 0.1) is 6.92 Å². The van der Waals surface area contributed by atoms with Gasteiger partial charge in [0, 0.05) is 12.8 Å². The van der Waals surface area contributed by atoms with Crippen LogP contribution in [0.3, 0.4) is 0 Å². The molecule has 1 heterocycles. The van der Waals surface area contributed by atoms with Crippen molar-refractivity contribution in [3.8, 4) is 0 Å². The average molecular weight is 318 g/mol. The number of ether oxygens (including phenoxy) is 3. The zero-order valence-electron chi connectivity index (χ0n) is 14.2. The molecule has 23 heavy (non-hydrogen) atoms. The second-order valence-corrected chi connectivity index (χ2v) is 5.75. The minimum atomic E-state index is -0.153. The molecule has 1 aliphatic heterocycles. The molecular weight excluding hydrogens is 292 g/mol. The fourth-order valence-electron chi connectivity index (χ4n) is 2.47. The predicted molar refractivity (Wildman–Crippen MR) is 89.9 cm³/mol. The quantitative estimate of drug-likeness (QED) is 0.675. The molecule has 1 aliphatic rings. The van der Waals surface area contributed by atoms with Crippen molar-refractivity contribution in [2.75, 3.05) is 13.2 Å². The van der Waals surface area contributed by atoms with Crippen molar-refractivity contribution in [2.45, 2.75) is 52.4 Å². The van der Waals surface area contributed by atoms with E-state index in [-0.39, 0.29) is 18.4 Å². The van der Waals surface area contributed by atoms with Gasteiger partial charge < -0.3 is 14.2 Å². The third-order valence-corrected chi connectivity index (χ3v) is 3.81. The molecule has 0 bridgehead atoms. The molecule has 1 fully saturated rings. The van der Waals surface area contributed by atoms with E-state index in [0.29, 0.717) is 19.4 Å². The van der Waals surface area contributed by atoms with E-state index in [1.54, 1.807) is 0 Å². The maximum Gasteiger partial charge on any atom is 0.306 e. The fourth-order valence-corrected chi connectivity index (χ4v) is 2.47. The molecule has 0 amide bonds. The summed E-state index contributed by atoms with van der Waals surface area (Å²) in [5.41, 5.74) is 3.47. The molecule has 2 rings (SSSR count). The monoisotopic (exact) mass is 318 g/mol. The smallest absolute Gasteiger partial charge is 0.306 e. The summed E-state index contributed by atoms with van der Waals surface area (Å²) in [6.45, 7) is 7.16. The van der Waals surface area contributed by atoms with E-state index in [1.807, 2.05) is 19.9 Å². The van der Waals surface area contributed by atoms with Crippen molar-refractivity contribution in [1.82, 2.24) is 0 Å². The Morgan fingerprint density at radius 2 is 2.26 bits per heavy atom. The standard InChI is InChI=1S/C19H26O4/c1-4-21-18(20)8-6-5-7-16-10-9-14(2)13-17(16)15(3)23-19-11-12-22-19/h5,7,9-10,13,15,19H,4,6,8,11-12H2,1-3H3/b7-5+/t15-,19-/m1/s1. The highest BCUT2D eigenvalue weighted by atomic mass is 16.7. The molecule has 1 saturated heterocycles. The van der Waals surface area contributed by atoms with Crippen LogP contribution >= 0.6 is 0 Å². The minimum absolute atomic E-state index is 0.0232. The van der Waals surface area contributed by atoms with Crippen molar-refractivity contribution < 1.29 is 19.0 Å². The zero-order valence-corrected chi connectivity index (χ0v) is 14.2. The Kier molecular flexibility index (Phi) is 6.81. The number of rotatable bonds is 8. The van der Waals surface area contributed by atoms with Crippen molar-refractivity contribution in [2.24, 2.45) is 0 Å². The van der Waals surface area contributed by atoms with Gasteiger partial charge in [-0.1, -0.05) is 35.9 Å². The van der Waals surface area contributed by atoms with Crippen molar-refractivity contribution in [3.05, 3.63) is 41.0 Å². The molecule has 0 saturated carbocycles. The maximum atomic E-state index is 11.3. The number of hydrogen-bond acceptors (Lipinski definition) is 4. The third kappa shape index (κ3) is 5.48. The van der Waals surface area contributed by atoms with Crippen LogP contribution in [0.25, 0.3) is 6.08 Å². The Labute approximate surface area is 138 Å². The van der Waals surface area contributed by atoms with E-state index < -0.39 is 0 Å². The number of carbonyl (C=O) groups is 1. The molecule has 0 aliphatic carbocycles. The van der Waals surface area contributed by atoms with E-state index in [4.69, 9.17) is 14.2 Å². The SMILES string of the molecule is CCOC(=O)CC/C=C/c1ccc(C)cc1[C@@H](C)O[C@@H]1CCO1. The molecule has 126 valence electrons. The zero-order chi connectivity index (χ0) is 16.7. The number of aryl methyl sites for hydroxylation is 1. The van der Waals surface area contributed by atoms with Crippen LogP contribution in [-0.2, 0) is 19.0 Å². The lowest BCUT2D eigenvalue weighted by Gasteiger charge is -2.30. The second kappa shape index (κ2) is 8.85. The lowest BCUT2D eigenvalue weighted by molar-refractivity contribution is -0.234. The summed E-state index contributed by atoms with van der Waals surface area (Å²) in [4.78, 5) is 11.3. The van der Waals surface area contributed by atoms with Gasteiger partial charge in [-0.2, -0.15) is 0 Å². The summed E-state index contributed by atoms with van der Waals surface area (Å²) < 4.78 is 16.2. The highest BCUT2D eigenvalue weighted by Gasteiger charge is 2.22. The molecule has 0 unspecified atom stereocenters. The van der Waals surface area contributed by atoms with Gasteiger partial charge in [0.15, 0.2) is 6.29 Å². The van der Waals surface area contributed by atoms with Crippen LogP contribution in [-0.4, -0.2) is 25.5 Å². The Morgan fingerprint density at radius 1 is 1.48 bits per heavy atom. The van der Waals surface area contributed by atoms with E-state index in [0.717, 1.165) is 24.2 Å². The highest BCUT2D eigenvalue weighted by molar-refractivity contribution is 5.69. The minimum Gasteiger partial charge on any atom is -0.466 e. The summed E-state index contributed by atoms with van der Waals surface area (Å²) in [7, 11) is 0. The van der Waals surface area contributed by atoms with E-state index in [2.05, 4.69) is 31.2 Å². The number of benzene rings is 1. The van der Waals surface area contributed by atoms with E-state index in [1.165, 1.54) is 5.56 Å². The number of allylic oxidation sites excluding steroid dienone is 1. The molecule has 0 aromatic heterocycles. The van der Waals surface area contributed by atoms with E-state index in [9.17, 15) is 4.79 Å². The summed E-state index contributed by atoms with van der Waals surface area (Å²) in [6, 6.07) is 6.32. The summed E-state index contributed by atoms with van der Waals surface area (Å²) in [5, 5.41) is 0. The summed E-state index contributed by atoms with van der Waals surface area (Å²) >= 11 is 0. The van der Waals surface area contributed by atoms with Crippen LogP contribution in [0.2, 0.25) is 0 Å². The van der Waals surface area contributed by atoms with Gasteiger partial charge in [0.25, 0.3) is 0 Å². The number of carbonyl (C=O) groups excluding carboxylic acids is 1. The molecule has 2 atom stereocenters. The number of hydrogen-bond donors (Lipinski definition) is 0. The van der Waals surface area contributed by atoms with Gasteiger partial charge in [-0.05, 0) is 38.3 Å². The molecule has 4 nitrogen and oxygen atoms in total. The van der Waals surface area contributed by atoms with Gasteiger partial charge in [0.05, 0.1) is 19.3 Å². The van der Waals surface area contributed by atoms with Crippen LogP contribution in [0.1, 0.15) is 55.9 Å². The molecule has 1 aromatic carbocycles. The molecule has 1 aromatic rings. The fraction of sp³-hybridized carbons (Fsp3) is 0.526. The van der Waals surface area contributed by atoms with Gasteiger partial charge >= 0.3 is 5.97 Å². The van der Waals surface area contributed by atoms with Crippen LogP contribution in [0.15, 0.2) is 24.3 Å². The third-order valence-electron chi connectivity index (χ3n) is 3.81. The highest BCUT2D eigenvalue weighted by Crippen LogP contribution is 2.28. The van der Waals surface area contributed by atoms with Gasteiger partial charge in [0.2, 0.25) is 0 Å². The first-order chi connectivity index (χ1) is 11.1. The molecule has 0 spiro atoms. The largest absolute Gasteiger partial charge is 0.466 e. The lowest BCUT2D eigenvalue weighted by atomic mass is 9.99. The maximum absolute atomic E-state index is 11.3. The Bertz CT molecular complexity index is 546.